The Kier molecular flexibility index (Phi) is 4.65. The van der Waals surface area contributed by atoms with E-state index in [0.717, 1.165) is 38.4 Å². The fourth-order valence-corrected chi connectivity index (χ4v) is 4.51. The molecule has 0 radical (unpaired) electrons. The lowest BCUT2D eigenvalue weighted by Gasteiger charge is -2.39. The van der Waals surface area contributed by atoms with Gasteiger partial charge in [0.1, 0.15) is 0 Å². The van der Waals surface area contributed by atoms with Gasteiger partial charge in [0.15, 0.2) is 0 Å². The first-order valence-corrected chi connectivity index (χ1v) is 8.76. The summed E-state index contributed by atoms with van der Waals surface area (Å²) in [6.07, 6.45) is 12.7. The monoisotopic (exact) mass is 278 g/mol. The largest absolute Gasteiger partial charge is 0.343 e. The quantitative estimate of drug-likeness (QED) is 0.861. The Bertz CT molecular complexity index is 320. The van der Waals surface area contributed by atoms with Crippen LogP contribution in [-0.4, -0.2) is 37.0 Å². The van der Waals surface area contributed by atoms with Crippen LogP contribution in [0.5, 0.6) is 0 Å². The molecule has 3 fully saturated rings. The molecule has 0 aromatic carbocycles. The summed E-state index contributed by atoms with van der Waals surface area (Å²) in [4.78, 5) is 14.5. The Labute approximate surface area is 123 Å². The van der Waals surface area contributed by atoms with Gasteiger partial charge in [0.2, 0.25) is 5.91 Å². The van der Waals surface area contributed by atoms with Gasteiger partial charge in [-0.1, -0.05) is 12.8 Å². The number of carbonyl (C=O) groups excluding carboxylic acids is 1. The van der Waals surface area contributed by atoms with Gasteiger partial charge in [-0.05, 0) is 69.4 Å². The maximum Gasteiger partial charge on any atom is 0.222 e. The molecule has 3 rings (SSSR count). The summed E-state index contributed by atoms with van der Waals surface area (Å²) in [5, 5.41) is 3.45. The molecule has 1 amide bonds. The van der Waals surface area contributed by atoms with Crippen molar-refractivity contribution in [2.45, 2.75) is 64.2 Å². The van der Waals surface area contributed by atoms with E-state index in [1.165, 1.54) is 57.9 Å². The van der Waals surface area contributed by atoms with Crippen LogP contribution in [0.2, 0.25) is 0 Å². The number of rotatable bonds is 3. The van der Waals surface area contributed by atoms with Gasteiger partial charge in [0.05, 0.1) is 0 Å². The van der Waals surface area contributed by atoms with Crippen LogP contribution < -0.4 is 5.32 Å². The van der Waals surface area contributed by atoms with Gasteiger partial charge < -0.3 is 10.2 Å². The molecule has 2 aliphatic heterocycles. The third-order valence-corrected chi connectivity index (χ3v) is 6.01. The third-order valence-electron chi connectivity index (χ3n) is 6.01. The molecule has 0 aromatic heterocycles. The number of nitrogens with zero attached hydrogens (tertiary/aromatic N) is 1. The minimum Gasteiger partial charge on any atom is -0.343 e. The van der Waals surface area contributed by atoms with Crippen molar-refractivity contribution in [1.82, 2.24) is 10.2 Å². The van der Waals surface area contributed by atoms with Crippen molar-refractivity contribution in [3.63, 3.8) is 0 Å². The zero-order chi connectivity index (χ0) is 13.8. The molecule has 1 saturated carbocycles. The van der Waals surface area contributed by atoms with Crippen LogP contribution in [0.3, 0.4) is 0 Å². The lowest BCUT2D eigenvalue weighted by molar-refractivity contribution is -0.133. The third kappa shape index (κ3) is 3.36. The molecule has 0 bridgehead atoms. The van der Waals surface area contributed by atoms with Crippen molar-refractivity contribution in [2.75, 3.05) is 26.2 Å². The van der Waals surface area contributed by atoms with Crippen LogP contribution in [-0.2, 0) is 4.79 Å². The predicted molar refractivity (Wildman–Crippen MR) is 81.5 cm³/mol. The molecule has 3 nitrogen and oxygen atoms in total. The van der Waals surface area contributed by atoms with Crippen LogP contribution in [0, 0.1) is 11.3 Å². The lowest BCUT2D eigenvalue weighted by Crippen LogP contribution is -2.42. The standard InChI is InChI=1S/C17H30N2O/c20-16(6-5-15-4-3-11-18-14-15)19-12-9-17(10-13-19)7-1-2-8-17/h15,18H,1-14H2. The van der Waals surface area contributed by atoms with Crippen LogP contribution in [0.1, 0.15) is 64.2 Å². The fourth-order valence-electron chi connectivity index (χ4n) is 4.51. The molecule has 1 aliphatic carbocycles. The van der Waals surface area contributed by atoms with Gasteiger partial charge in [0, 0.05) is 19.5 Å². The summed E-state index contributed by atoms with van der Waals surface area (Å²) in [7, 11) is 0. The average Bonchev–Trinajstić information content (AvgIpc) is 2.95. The van der Waals surface area contributed by atoms with Gasteiger partial charge in [-0.3, -0.25) is 4.79 Å². The molecule has 1 N–H and O–H groups in total. The Morgan fingerprint density at radius 2 is 1.85 bits per heavy atom. The van der Waals surface area contributed by atoms with Crippen LogP contribution in [0.25, 0.3) is 0 Å². The summed E-state index contributed by atoms with van der Waals surface area (Å²) in [5.41, 5.74) is 0.629. The van der Waals surface area contributed by atoms with Crippen LogP contribution in [0.4, 0.5) is 0 Å². The number of piperidine rings is 2. The topological polar surface area (TPSA) is 32.3 Å². The number of amides is 1. The van der Waals surface area contributed by atoms with E-state index < -0.39 is 0 Å². The molecular formula is C17H30N2O. The second-order valence-corrected chi connectivity index (χ2v) is 7.34. The van der Waals surface area contributed by atoms with Crippen molar-refractivity contribution >= 4 is 5.91 Å². The van der Waals surface area contributed by atoms with E-state index in [1.807, 2.05) is 0 Å². The Hall–Kier alpha value is -0.570. The lowest BCUT2D eigenvalue weighted by atomic mass is 9.77. The zero-order valence-corrected chi connectivity index (χ0v) is 12.8. The molecular weight excluding hydrogens is 248 g/mol. The van der Waals surface area contributed by atoms with E-state index in [9.17, 15) is 4.79 Å². The maximum atomic E-state index is 12.3. The highest BCUT2D eigenvalue weighted by Crippen LogP contribution is 2.46. The summed E-state index contributed by atoms with van der Waals surface area (Å²) < 4.78 is 0. The molecule has 20 heavy (non-hydrogen) atoms. The normalized spacial score (nSPS) is 29.8. The molecule has 0 aromatic rings. The smallest absolute Gasteiger partial charge is 0.222 e. The molecule has 1 spiro atoms. The molecule has 3 heteroatoms. The highest BCUT2D eigenvalue weighted by atomic mass is 16.2. The molecule has 114 valence electrons. The van der Waals surface area contributed by atoms with E-state index in [0.29, 0.717) is 11.3 Å². The number of nitrogens with one attached hydrogen (secondary N) is 1. The van der Waals surface area contributed by atoms with Crippen molar-refractivity contribution in [3.05, 3.63) is 0 Å². The summed E-state index contributed by atoms with van der Waals surface area (Å²) in [6.45, 7) is 4.35. The van der Waals surface area contributed by atoms with Crippen molar-refractivity contribution in [2.24, 2.45) is 11.3 Å². The van der Waals surface area contributed by atoms with Crippen molar-refractivity contribution < 1.29 is 4.79 Å². The molecule has 1 atom stereocenters. The maximum absolute atomic E-state index is 12.3. The number of likely N-dealkylation sites (tertiary alicyclic amines) is 1. The van der Waals surface area contributed by atoms with Gasteiger partial charge in [-0.25, -0.2) is 0 Å². The molecule has 2 heterocycles. The predicted octanol–water partition coefficient (Wildman–Crippen LogP) is 2.95. The van der Waals surface area contributed by atoms with Gasteiger partial charge in [-0.15, -0.1) is 0 Å². The molecule has 1 unspecified atom stereocenters. The summed E-state index contributed by atoms with van der Waals surface area (Å²) in [5.74, 6) is 1.15. The van der Waals surface area contributed by atoms with E-state index in [2.05, 4.69) is 10.2 Å². The van der Waals surface area contributed by atoms with Crippen molar-refractivity contribution in [1.29, 1.82) is 0 Å². The molecule has 3 aliphatic rings. The van der Waals surface area contributed by atoms with Gasteiger partial charge in [0.25, 0.3) is 0 Å². The SMILES string of the molecule is O=C(CCC1CCCNC1)N1CCC2(CCCC2)CC1. The minimum atomic E-state index is 0.420. The first kappa shape index (κ1) is 14.4. The Morgan fingerprint density at radius 1 is 1.10 bits per heavy atom. The van der Waals surface area contributed by atoms with Gasteiger partial charge in [-0.2, -0.15) is 0 Å². The van der Waals surface area contributed by atoms with E-state index in [4.69, 9.17) is 0 Å². The first-order valence-electron chi connectivity index (χ1n) is 8.76. The fraction of sp³-hybridized carbons (Fsp3) is 0.941. The Morgan fingerprint density at radius 3 is 2.50 bits per heavy atom. The zero-order valence-electron chi connectivity index (χ0n) is 12.8. The number of carbonyl (C=O) groups is 1. The second kappa shape index (κ2) is 6.46. The van der Waals surface area contributed by atoms with Crippen LogP contribution in [0.15, 0.2) is 0 Å². The minimum absolute atomic E-state index is 0.420. The van der Waals surface area contributed by atoms with Gasteiger partial charge >= 0.3 is 0 Å². The average molecular weight is 278 g/mol. The highest BCUT2D eigenvalue weighted by Gasteiger charge is 2.37. The highest BCUT2D eigenvalue weighted by molar-refractivity contribution is 5.76. The molecule has 2 saturated heterocycles. The number of hydrogen-bond acceptors (Lipinski definition) is 2. The summed E-state index contributed by atoms with van der Waals surface area (Å²) >= 11 is 0. The van der Waals surface area contributed by atoms with E-state index in [-0.39, 0.29) is 0 Å². The first-order chi connectivity index (χ1) is 9.77. The van der Waals surface area contributed by atoms with Crippen molar-refractivity contribution in [3.8, 4) is 0 Å². The van der Waals surface area contributed by atoms with Crippen LogP contribution >= 0.6 is 0 Å². The van der Waals surface area contributed by atoms with E-state index in [1.54, 1.807) is 0 Å². The number of hydrogen-bond donors (Lipinski definition) is 1. The van der Waals surface area contributed by atoms with E-state index >= 15 is 0 Å². The second-order valence-electron chi connectivity index (χ2n) is 7.34. The summed E-state index contributed by atoms with van der Waals surface area (Å²) in [6, 6.07) is 0. The Balaban J connectivity index is 1.39.